The molecular weight excluding hydrogens is 503 g/mol. The second kappa shape index (κ2) is 10.5. The Morgan fingerprint density at radius 2 is 1.81 bits per heavy atom. The Kier molecular flexibility index (Phi) is 7.14. The van der Waals surface area contributed by atoms with Crippen molar-refractivity contribution in [3.05, 3.63) is 33.9 Å². The first kappa shape index (κ1) is 24.6. The number of carbonyl (C=O) groups is 1. The van der Waals surface area contributed by atoms with E-state index in [0.717, 1.165) is 25.7 Å². The van der Waals surface area contributed by atoms with Gasteiger partial charge in [-0.05, 0) is 50.7 Å². The molecule has 1 saturated carbocycles. The van der Waals surface area contributed by atoms with Crippen LogP contribution in [0.1, 0.15) is 50.1 Å². The number of carbonyl (C=O) groups excluding carboxylic acids is 1. The third-order valence-corrected chi connectivity index (χ3v) is 7.46. The molecule has 0 atom stereocenters. The van der Waals surface area contributed by atoms with Crippen molar-refractivity contribution >= 4 is 57.9 Å². The highest BCUT2D eigenvalue weighted by Crippen LogP contribution is 2.39. The van der Waals surface area contributed by atoms with Crippen molar-refractivity contribution in [3.63, 3.8) is 0 Å². The lowest BCUT2D eigenvalue weighted by Gasteiger charge is -2.29. The third-order valence-electron chi connectivity index (χ3n) is 6.86. The van der Waals surface area contributed by atoms with Crippen LogP contribution in [0.5, 0.6) is 0 Å². The third kappa shape index (κ3) is 5.05. The molecule has 2 fully saturated rings. The predicted octanol–water partition coefficient (Wildman–Crippen LogP) is 4.56. The van der Waals surface area contributed by atoms with E-state index in [-0.39, 0.29) is 23.9 Å². The first-order chi connectivity index (χ1) is 17.4. The maximum absolute atomic E-state index is 11.7. The number of amides is 1. The molecule has 36 heavy (non-hydrogen) atoms. The monoisotopic (exact) mass is 528 g/mol. The molecule has 3 aromatic rings. The van der Waals surface area contributed by atoms with Gasteiger partial charge in [0.25, 0.3) is 0 Å². The number of hydrogen-bond donors (Lipinski definition) is 3. The number of benzene rings is 1. The van der Waals surface area contributed by atoms with Crippen LogP contribution < -0.4 is 16.4 Å². The Balaban J connectivity index is 1.53. The largest absolute Gasteiger partial charge is 0.381 e. The van der Waals surface area contributed by atoms with Gasteiger partial charge in [0.2, 0.25) is 17.8 Å². The van der Waals surface area contributed by atoms with E-state index in [1.807, 2.05) is 10.6 Å². The molecule has 2 aliphatic rings. The van der Waals surface area contributed by atoms with Gasteiger partial charge in [0.15, 0.2) is 5.65 Å². The summed E-state index contributed by atoms with van der Waals surface area (Å²) in [4.78, 5) is 25.8. The molecule has 1 aromatic carbocycles. The minimum Gasteiger partial charge on any atom is -0.381 e. The van der Waals surface area contributed by atoms with Crippen LogP contribution in [0.25, 0.3) is 11.2 Å². The van der Waals surface area contributed by atoms with Crippen LogP contribution >= 0.6 is 23.2 Å². The maximum Gasteiger partial charge on any atom is 0.224 e. The Labute approximate surface area is 218 Å². The highest BCUT2D eigenvalue weighted by molar-refractivity contribution is 6.39. The molecule has 10 nitrogen and oxygen atoms in total. The summed E-state index contributed by atoms with van der Waals surface area (Å²) < 4.78 is 7.49. The van der Waals surface area contributed by atoms with Crippen molar-refractivity contribution < 1.29 is 9.53 Å². The number of imidazole rings is 1. The van der Waals surface area contributed by atoms with Crippen LogP contribution in [0.3, 0.4) is 0 Å². The maximum atomic E-state index is 11.7. The lowest BCUT2D eigenvalue weighted by atomic mass is 9.85. The molecule has 0 spiro atoms. The minimum atomic E-state index is -0.260. The van der Waals surface area contributed by atoms with Crippen LogP contribution in [-0.4, -0.2) is 44.7 Å². The van der Waals surface area contributed by atoms with Crippen LogP contribution in [-0.2, 0) is 9.53 Å². The smallest absolute Gasteiger partial charge is 0.224 e. The number of halogens is 2. The summed E-state index contributed by atoms with van der Waals surface area (Å²) >= 11 is 12.9. The lowest BCUT2D eigenvalue weighted by molar-refractivity contribution is -0.122. The first-order valence-electron chi connectivity index (χ1n) is 12.0. The van der Waals surface area contributed by atoms with E-state index in [1.165, 1.54) is 0 Å². The van der Waals surface area contributed by atoms with Crippen LogP contribution in [0.2, 0.25) is 10.0 Å². The number of hydrogen-bond acceptors (Lipinski definition) is 8. The number of anilines is 3. The average molecular weight is 529 g/mol. The van der Waals surface area contributed by atoms with E-state index >= 15 is 0 Å². The predicted molar refractivity (Wildman–Crippen MR) is 137 cm³/mol. The molecule has 12 heteroatoms. The fourth-order valence-corrected chi connectivity index (χ4v) is 5.49. The van der Waals surface area contributed by atoms with Gasteiger partial charge in [-0.1, -0.05) is 23.2 Å². The molecule has 2 aromatic heterocycles. The Morgan fingerprint density at radius 3 is 2.44 bits per heavy atom. The highest BCUT2D eigenvalue weighted by atomic mass is 35.5. The van der Waals surface area contributed by atoms with Crippen LogP contribution in [0, 0.1) is 17.2 Å². The second-order valence-corrected chi connectivity index (χ2v) is 10.0. The van der Waals surface area contributed by atoms with Crippen LogP contribution in [0.15, 0.2) is 18.3 Å². The molecular formula is C24H26Cl2N8O2. The Bertz CT molecular complexity index is 1300. The topological polar surface area (TPSA) is 144 Å². The van der Waals surface area contributed by atoms with Gasteiger partial charge in [-0.2, -0.15) is 10.2 Å². The Hall–Kier alpha value is -3.13. The summed E-state index contributed by atoms with van der Waals surface area (Å²) in [6.45, 7) is 1.42. The molecule has 4 N–H and O–H groups in total. The summed E-state index contributed by atoms with van der Waals surface area (Å²) in [7, 11) is 0. The van der Waals surface area contributed by atoms with Crippen molar-refractivity contribution in [2.75, 3.05) is 23.8 Å². The molecule has 0 radical (unpaired) electrons. The summed E-state index contributed by atoms with van der Waals surface area (Å²) in [6.07, 6.45) is 6.35. The van der Waals surface area contributed by atoms with Gasteiger partial charge in [-0.15, -0.1) is 0 Å². The average Bonchev–Trinajstić information content (AvgIpc) is 3.24. The van der Waals surface area contributed by atoms with E-state index in [4.69, 9.17) is 43.6 Å². The molecule has 1 amide bonds. The second-order valence-electron chi connectivity index (χ2n) is 9.20. The number of rotatable bonds is 6. The van der Waals surface area contributed by atoms with Crippen molar-refractivity contribution in [2.45, 2.75) is 50.6 Å². The van der Waals surface area contributed by atoms with E-state index in [9.17, 15) is 10.1 Å². The number of aromatic nitrogens is 4. The number of primary amides is 1. The SMILES string of the molecule is N#Cc1cc(Cl)c(Nc2nc3cnc(NC4CCOCC4)nc3n2[C@H]2CC[C@H](C(N)=O)CC2)c(Cl)c1. The molecule has 1 aliphatic carbocycles. The minimum absolute atomic E-state index is 0.0369. The summed E-state index contributed by atoms with van der Waals surface area (Å²) in [5.74, 6) is 0.653. The first-order valence-corrected chi connectivity index (χ1v) is 12.7. The molecule has 1 aliphatic heterocycles. The van der Waals surface area contributed by atoms with Crippen molar-refractivity contribution in [3.8, 4) is 6.07 Å². The Morgan fingerprint density at radius 1 is 1.11 bits per heavy atom. The lowest BCUT2D eigenvalue weighted by Crippen LogP contribution is -2.29. The van der Waals surface area contributed by atoms with Gasteiger partial charge < -0.3 is 21.1 Å². The summed E-state index contributed by atoms with van der Waals surface area (Å²) in [6, 6.07) is 5.43. The van der Waals surface area contributed by atoms with Crippen molar-refractivity contribution in [1.82, 2.24) is 19.5 Å². The molecule has 188 valence electrons. The van der Waals surface area contributed by atoms with E-state index in [2.05, 4.69) is 15.6 Å². The standard InChI is InChI=1S/C24H26Cl2N8O2/c25-17-9-13(11-27)10-18(26)20(17)32-24-31-19-12-29-23(30-15-5-7-36-8-6-15)33-22(19)34(24)16-3-1-14(2-4-16)21(28)35/h9-10,12,14-16H,1-8H2,(H2,28,35)(H,31,32)(H,29,30,33)/t14-,16-. The van der Waals surface area contributed by atoms with Crippen molar-refractivity contribution in [2.24, 2.45) is 11.7 Å². The van der Waals surface area contributed by atoms with E-state index in [1.54, 1.807) is 18.3 Å². The fraction of sp³-hybridized carbons (Fsp3) is 0.458. The molecule has 3 heterocycles. The van der Waals surface area contributed by atoms with E-state index < -0.39 is 0 Å². The summed E-state index contributed by atoms with van der Waals surface area (Å²) in [5, 5.41) is 16.5. The zero-order chi connectivity index (χ0) is 25.2. The number of fused-ring (bicyclic) bond motifs is 1. The van der Waals surface area contributed by atoms with Gasteiger partial charge in [0.1, 0.15) is 5.52 Å². The zero-order valence-corrected chi connectivity index (χ0v) is 21.0. The summed E-state index contributed by atoms with van der Waals surface area (Å²) in [5.41, 5.74) is 7.67. The molecule has 1 saturated heterocycles. The number of nitriles is 1. The fourth-order valence-electron chi connectivity index (χ4n) is 4.91. The van der Waals surface area contributed by atoms with Crippen molar-refractivity contribution in [1.29, 1.82) is 5.26 Å². The molecule has 0 unspecified atom stereocenters. The van der Waals surface area contributed by atoms with Gasteiger partial charge in [0, 0.05) is 31.2 Å². The number of nitrogens with zero attached hydrogens (tertiary/aromatic N) is 5. The van der Waals surface area contributed by atoms with Gasteiger partial charge in [0.05, 0.1) is 33.6 Å². The van der Waals surface area contributed by atoms with E-state index in [0.29, 0.717) is 70.4 Å². The highest BCUT2D eigenvalue weighted by Gasteiger charge is 2.29. The molecule has 0 bridgehead atoms. The normalized spacial score (nSPS) is 20.7. The van der Waals surface area contributed by atoms with Gasteiger partial charge >= 0.3 is 0 Å². The molecule has 5 rings (SSSR count). The number of nitrogens with two attached hydrogens (primary N) is 1. The van der Waals surface area contributed by atoms with Crippen LogP contribution in [0.4, 0.5) is 17.6 Å². The number of nitrogens with one attached hydrogen (secondary N) is 2. The zero-order valence-electron chi connectivity index (χ0n) is 19.5. The quantitative estimate of drug-likeness (QED) is 0.422. The van der Waals surface area contributed by atoms with Gasteiger partial charge in [-0.25, -0.2) is 9.97 Å². The van der Waals surface area contributed by atoms with Gasteiger partial charge in [-0.3, -0.25) is 9.36 Å². The number of ether oxygens (including phenoxy) is 1.